The van der Waals surface area contributed by atoms with E-state index in [0.29, 0.717) is 9.97 Å². The molecule has 2 heterocycles. The topological polar surface area (TPSA) is 63.4 Å². The van der Waals surface area contributed by atoms with Crippen molar-refractivity contribution < 1.29 is 12.9 Å². The fraction of sp³-hybridized carbons (Fsp3) is 0.300. The Morgan fingerprint density at radius 1 is 1.53 bits per heavy atom. The van der Waals surface area contributed by atoms with Crippen LogP contribution in [0.1, 0.15) is 11.5 Å². The van der Waals surface area contributed by atoms with E-state index in [1.54, 1.807) is 30.5 Å². The zero-order valence-electron chi connectivity index (χ0n) is 9.45. The molecule has 2 aromatic rings. The lowest BCUT2D eigenvalue weighted by atomic mass is 10.4. The second kappa shape index (κ2) is 4.59. The first kappa shape index (κ1) is 12.3. The minimum atomic E-state index is -3.42. The van der Waals surface area contributed by atoms with Gasteiger partial charge in [-0.15, -0.1) is 11.3 Å². The molecular weight excluding hydrogens is 260 g/mol. The number of sulfonamides is 1. The molecule has 0 saturated carbocycles. The van der Waals surface area contributed by atoms with Gasteiger partial charge in [0.2, 0.25) is 0 Å². The first-order valence-corrected chi connectivity index (χ1v) is 7.24. The Morgan fingerprint density at radius 3 is 2.82 bits per heavy atom. The number of hydrogen-bond donors (Lipinski definition) is 0. The highest BCUT2D eigenvalue weighted by Crippen LogP contribution is 2.21. The molecule has 0 fully saturated rings. The van der Waals surface area contributed by atoms with Crippen molar-refractivity contribution in [1.29, 1.82) is 0 Å². The summed E-state index contributed by atoms with van der Waals surface area (Å²) < 4.78 is 30.7. The van der Waals surface area contributed by atoms with E-state index in [1.165, 1.54) is 22.7 Å². The molecule has 0 amide bonds. The maximum atomic E-state index is 12.1. The second-order valence-corrected chi connectivity index (χ2v) is 6.85. The predicted molar refractivity (Wildman–Crippen MR) is 64.2 cm³/mol. The molecule has 0 aromatic carbocycles. The average Bonchev–Trinajstić information content (AvgIpc) is 2.89. The summed E-state index contributed by atoms with van der Waals surface area (Å²) >= 11 is 1.20. The minimum Gasteiger partial charge on any atom is -0.360 e. The highest BCUT2D eigenvalue weighted by molar-refractivity contribution is 7.91. The van der Waals surface area contributed by atoms with Gasteiger partial charge in [0.25, 0.3) is 10.0 Å². The number of hydrogen-bond acceptors (Lipinski definition) is 5. The second-order valence-electron chi connectivity index (χ2n) is 3.63. The summed E-state index contributed by atoms with van der Waals surface area (Å²) in [6.07, 6.45) is 0. The lowest BCUT2D eigenvalue weighted by Crippen LogP contribution is -2.25. The minimum absolute atomic E-state index is 0.182. The maximum absolute atomic E-state index is 12.1. The number of aryl methyl sites for hydroxylation is 1. The third-order valence-corrected chi connectivity index (χ3v) is 5.39. The van der Waals surface area contributed by atoms with Gasteiger partial charge in [-0.25, -0.2) is 8.42 Å². The van der Waals surface area contributed by atoms with Crippen LogP contribution in [0.4, 0.5) is 0 Å². The van der Waals surface area contributed by atoms with E-state index < -0.39 is 10.0 Å². The van der Waals surface area contributed by atoms with Crippen LogP contribution in [0, 0.1) is 6.92 Å². The molecule has 2 aromatic heterocycles. The van der Waals surface area contributed by atoms with Crippen molar-refractivity contribution >= 4 is 21.4 Å². The van der Waals surface area contributed by atoms with Gasteiger partial charge in [0.1, 0.15) is 4.21 Å². The fourth-order valence-corrected chi connectivity index (χ4v) is 3.70. The van der Waals surface area contributed by atoms with Crippen molar-refractivity contribution in [1.82, 2.24) is 9.46 Å². The number of rotatable bonds is 4. The monoisotopic (exact) mass is 272 g/mol. The van der Waals surface area contributed by atoms with Gasteiger partial charge in [-0.3, -0.25) is 0 Å². The van der Waals surface area contributed by atoms with Crippen molar-refractivity contribution in [3.05, 3.63) is 35.0 Å². The third-order valence-electron chi connectivity index (χ3n) is 2.21. The Hall–Kier alpha value is -1.18. The molecule has 0 aliphatic heterocycles. The lowest BCUT2D eigenvalue weighted by molar-refractivity contribution is 0.341. The maximum Gasteiger partial charge on any atom is 0.252 e. The SMILES string of the molecule is Cc1cc(CN(C)S(=O)(=O)c2cccs2)on1. The molecule has 0 N–H and O–H groups in total. The van der Waals surface area contributed by atoms with E-state index in [9.17, 15) is 8.42 Å². The molecule has 0 saturated heterocycles. The molecule has 0 atom stereocenters. The van der Waals surface area contributed by atoms with Crippen LogP contribution in [0.15, 0.2) is 32.3 Å². The van der Waals surface area contributed by atoms with Crippen LogP contribution in [0.5, 0.6) is 0 Å². The standard InChI is InChI=1S/C10H12N2O3S2/c1-8-6-9(15-11-8)7-12(2)17(13,14)10-4-3-5-16-10/h3-6H,7H2,1-2H3. The average molecular weight is 272 g/mol. The molecule has 0 bridgehead atoms. The Kier molecular flexibility index (Phi) is 3.32. The van der Waals surface area contributed by atoms with Crippen molar-refractivity contribution in [2.45, 2.75) is 17.7 Å². The molecule has 0 radical (unpaired) electrons. The van der Waals surface area contributed by atoms with E-state index in [1.807, 2.05) is 0 Å². The van der Waals surface area contributed by atoms with Gasteiger partial charge in [0.15, 0.2) is 5.76 Å². The first-order chi connectivity index (χ1) is 8.00. The van der Waals surface area contributed by atoms with Crippen molar-refractivity contribution in [2.75, 3.05) is 7.05 Å². The smallest absolute Gasteiger partial charge is 0.252 e. The summed E-state index contributed by atoms with van der Waals surface area (Å²) in [6, 6.07) is 5.02. The Morgan fingerprint density at radius 2 is 2.29 bits per heavy atom. The molecule has 2 rings (SSSR count). The van der Waals surface area contributed by atoms with E-state index in [-0.39, 0.29) is 6.54 Å². The summed E-state index contributed by atoms with van der Waals surface area (Å²) in [5.41, 5.74) is 0.738. The number of thiophene rings is 1. The largest absolute Gasteiger partial charge is 0.360 e. The van der Waals surface area contributed by atoms with Gasteiger partial charge in [-0.2, -0.15) is 4.31 Å². The van der Waals surface area contributed by atoms with Gasteiger partial charge in [0, 0.05) is 13.1 Å². The third kappa shape index (κ3) is 2.56. The Balaban J connectivity index is 2.18. The lowest BCUT2D eigenvalue weighted by Gasteiger charge is -2.13. The summed E-state index contributed by atoms with van der Waals surface area (Å²) in [6.45, 7) is 1.97. The van der Waals surface area contributed by atoms with Crippen LogP contribution in [-0.4, -0.2) is 24.9 Å². The molecule has 0 unspecified atom stereocenters. The zero-order valence-corrected chi connectivity index (χ0v) is 11.1. The van der Waals surface area contributed by atoms with Crippen LogP contribution >= 0.6 is 11.3 Å². The molecule has 17 heavy (non-hydrogen) atoms. The highest BCUT2D eigenvalue weighted by atomic mass is 32.2. The van der Waals surface area contributed by atoms with E-state index >= 15 is 0 Å². The fourth-order valence-electron chi connectivity index (χ4n) is 1.36. The number of nitrogens with zero attached hydrogens (tertiary/aromatic N) is 2. The van der Waals surface area contributed by atoms with Crippen molar-refractivity contribution in [2.24, 2.45) is 0 Å². The quantitative estimate of drug-likeness (QED) is 0.852. The molecule has 7 heteroatoms. The van der Waals surface area contributed by atoms with Gasteiger partial charge < -0.3 is 4.52 Å². The molecule has 0 aliphatic rings. The van der Waals surface area contributed by atoms with E-state index in [4.69, 9.17) is 4.52 Å². The Bertz CT molecular complexity index is 587. The normalized spacial score (nSPS) is 12.2. The number of aromatic nitrogens is 1. The van der Waals surface area contributed by atoms with Crippen molar-refractivity contribution in [3.8, 4) is 0 Å². The van der Waals surface area contributed by atoms with Gasteiger partial charge in [-0.05, 0) is 18.4 Å². The summed E-state index contributed by atoms with van der Waals surface area (Å²) in [7, 11) is -1.90. The van der Waals surface area contributed by atoms with Crippen LogP contribution < -0.4 is 0 Å². The van der Waals surface area contributed by atoms with E-state index in [0.717, 1.165) is 5.69 Å². The van der Waals surface area contributed by atoms with Crippen LogP contribution in [0.2, 0.25) is 0 Å². The van der Waals surface area contributed by atoms with Gasteiger partial charge in [-0.1, -0.05) is 11.2 Å². The van der Waals surface area contributed by atoms with Crippen LogP contribution in [0.3, 0.4) is 0 Å². The first-order valence-electron chi connectivity index (χ1n) is 4.92. The highest BCUT2D eigenvalue weighted by Gasteiger charge is 2.22. The van der Waals surface area contributed by atoms with Gasteiger partial charge >= 0.3 is 0 Å². The van der Waals surface area contributed by atoms with Crippen LogP contribution in [0.25, 0.3) is 0 Å². The summed E-state index contributed by atoms with van der Waals surface area (Å²) in [5.74, 6) is 0.533. The summed E-state index contributed by atoms with van der Waals surface area (Å²) in [4.78, 5) is 0. The molecular formula is C10H12N2O3S2. The molecule has 92 valence electrons. The van der Waals surface area contributed by atoms with Gasteiger partial charge in [0.05, 0.1) is 12.2 Å². The molecule has 0 spiro atoms. The van der Waals surface area contributed by atoms with E-state index in [2.05, 4.69) is 5.16 Å². The summed E-state index contributed by atoms with van der Waals surface area (Å²) in [5, 5.41) is 5.46. The molecule has 0 aliphatic carbocycles. The van der Waals surface area contributed by atoms with Crippen molar-refractivity contribution in [3.63, 3.8) is 0 Å². The van der Waals surface area contributed by atoms with Crippen LogP contribution in [-0.2, 0) is 16.6 Å². The molecule has 5 nitrogen and oxygen atoms in total. The zero-order chi connectivity index (χ0) is 12.5. The Labute approximate surface area is 104 Å². The predicted octanol–water partition coefficient (Wildman–Crippen LogP) is 1.87.